The summed E-state index contributed by atoms with van der Waals surface area (Å²) in [6.45, 7) is 1.70. The summed E-state index contributed by atoms with van der Waals surface area (Å²) in [6, 6.07) is -1.62. The number of urea groups is 1. The SMILES string of the molecule is CCCCN1C(=O)N([C@@H]2O[C@H](CO)[C@H](O)[C@H]2O)C2=NC(=N)NC(=O)C21. The van der Waals surface area contributed by atoms with Crippen molar-refractivity contribution in [3.63, 3.8) is 0 Å². The second kappa shape index (κ2) is 6.67. The number of aliphatic hydroxyl groups is 3. The quantitative estimate of drug-likeness (QED) is 0.376. The van der Waals surface area contributed by atoms with E-state index in [-0.39, 0.29) is 5.84 Å². The molecule has 0 aromatic rings. The lowest BCUT2D eigenvalue weighted by Gasteiger charge is -2.26. The lowest BCUT2D eigenvalue weighted by molar-refractivity contribution is -0.121. The molecule has 0 saturated carbocycles. The van der Waals surface area contributed by atoms with Gasteiger partial charge in [-0.3, -0.25) is 15.5 Å². The fourth-order valence-corrected chi connectivity index (χ4v) is 3.21. The van der Waals surface area contributed by atoms with Crippen molar-refractivity contribution in [3.05, 3.63) is 0 Å². The van der Waals surface area contributed by atoms with Crippen LogP contribution in [0.2, 0.25) is 0 Å². The number of carbonyl (C=O) groups is 2. The highest BCUT2D eigenvalue weighted by Gasteiger charge is 2.56. The zero-order valence-electron chi connectivity index (χ0n) is 13.6. The van der Waals surface area contributed by atoms with E-state index in [1.165, 1.54) is 4.90 Å². The number of amidine groups is 1. The van der Waals surface area contributed by atoms with Crippen LogP contribution in [0.15, 0.2) is 4.99 Å². The average molecular weight is 355 g/mol. The van der Waals surface area contributed by atoms with E-state index in [2.05, 4.69) is 10.3 Å². The summed E-state index contributed by atoms with van der Waals surface area (Å²) in [6.07, 6.45) is -3.77. The molecule has 11 nitrogen and oxygen atoms in total. The molecule has 0 spiro atoms. The zero-order valence-corrected chi connectivity index (χ0v) is 13.6. The summed E-state index contributed by atoms with van der Waals surface area (Å²) in [4.78, 5) is 31.4. The summed E-state index contributed by atoms with van der Waals surface area (Å²) < 4.78 is 5.41. The van der Waals surface area contributed by atoms with E-state index in [0.717, 1.165) is 11.3 Å². The van der Waals surface area contributed by atoms with Gasteiger partial charge in [0.1, 0.15) is 18.3 Å². The van der Waals surface area contributed by atoms with Gasteiger partial charge in [0.05, 0.1) is 6.61 Å². The molecule has 1 unspecified atom stereocenters. The Balaban J connectivity index is 1.96. The van der Waals surface area contributed by atoms with Gasteiger partial charge in [0.15, 0.2) is 18.1 Å². The van der Waals surface area contributed by atoms with Gasteiger partial charge in [-0.1, -0.05) is 13.3 Å². The number of aliphatic imine (C=N–C) groups is 1. The summed E-state index contributed by atoms with van der Waals surface area (Å²) >= 11 is 0. The van der Waals surface area contributed by atoms with Crippen molar-refractivity contribution in [2.24, 2.45) is 4.99 Å². The van der Waals surface area contributed by atoms with Crippen LogP contribution in [0, 0.1) is 5.41 Å². The molecule has 3 rings (SSSR count). The van der Waals surface area contributed by atoms with Crippen LogP contribution in [0.3, 0.4) is 0 Å². The Morgan fingerprint density at radius 3 is 2.64 bits per heavy atom. The fraction of sp³-hybridized carbons (Fsp3) is 0.714. The van der Waals surface area contributed by atoms with Crippen LogP contribution in [-0.4, -0.2) is 92.6 Å². The van der Waals surface area contributed by atoms with Gasteiger partial charge >= 0.3 is 6.03 Å². The predicted octanol–water partition coefficient (Wildman–Crippen LogP) is -2.21. The van der Waals surface area contributed by atoms with Crippen molar-refractivity contribution in [3.8, 4) is 0 Å². The first-order valence-corrected chi connectivity index (χ1v) is 8.11. The third-order valence-corrected chi connectivity index (χ3v) is 4.50. The number of amides is 3. The number of guanidine groups is 1. The monoisotopic (exact) mass is 355 g/mol. The van der Waals surface area contributed by atoms with Crippen molar-refractivity contribution < 1.29 is 29.6 Å². The maximum absolute atomic E-state index is 12.8. The molecule has 5 N–H and O–H groups in total. The third-order valence-electron chi connectivity index (χ3n) is 4.50. The first kappa shape index (κ1) is 17.7. The number of carbonyl (C=O) groups excluding carboxylic acids is 2. The number of ether oxygens (including phenoxy) is 1. The van der Waals surface area contributed by atoms with E-state index < -0.39 is 55.1 Å². The number of fused-ring (bicyclic) bond motifs is 1. The second-order valence-corrected chi connectivity index (χ2v) is 6.14. The minimum absolute atomic E-state index is 0.0234. The van der Waals surface area contributed by atoms with E-state index in [1.807, 2.05) is 6.92 Å². The van der Waals surface area contributed by atoms with Crippen LogP contribution >= 0.6 is 0 Å². The molecule has 0 radical (unpaired) electrons. The van der Waals surface area contributed by atoms with Crippen molar-refractivity contribution in [2.45, 2.75) is 50.3 Å². The van der Waals surface area contributed by atoms with Crippen LogP contribution in [0.1, 0.15) is 19.8 Å². The van der Waals surface area contributed by atoms with Crippen molar-refractivity contribution in [2.75, 3.05) is 13.2 Å². The molecule has 2 saturated heterocycles. The lowest BCUT2D eigenvalue weighted by Crippen LogP contribution is -2.54. The largest absolute Gasteiger partial charge is 0.394 e. The van der Waals surface area contributed by atoms with Crippen LogP contribution in [-0.2, 0) is 9.53 Å². The maximum atomic E-state index is 12.8. The molecule has 5 atom stereocenters. The molecule has 138 valence electrons. The molecule has 0 aliphatic carbocycles. The maximum Gasteiger partial charge on any atom is 0.328 e. The molecule has 3 amide bonds. The number of hydrogen-bond acceptors (Lipinski definition) is 7. The van der Waals surface area contributed by atoms with Crippen molar-refractivity contribution in [1.29, 1.82) is 5.41 Å². The van der Waals surface area contributed by atoms with E-state index in [4.69, 9.17) is 10.1 Å². The molecular weight excluding hydrogens is 334 g/mol. The van der Waals surface area contributed by atoms with Gasteiger partial charge in [0, 0.05) is 6.54 Å². The summed E-state index contributed by atoms with van der Waals surface area (Å²) in [5.74, 6) is -1.00. The molecule has 25 heavy (non-hydrogen) atoms. The van der Waals surface area contributed by atoms with Gasteiger partial charge in [-0.15, -0.1) is 0 Å². The molecule has 0 aromatic carbocycles. The molecule has 2 fully saturated rings. The minimum atomic E-state index is -1.48. The van der Waals surface area contributed by atoms with Gasteiger partial charge in [-0.2, -0.15) is 4.99 Å². The first-order valence-electron chi connectivity index (χ1n) is 8.11. The van der Waals surface area contributed by atoms with Gasteiger partial charge in [-0.05, 0) is 6.42 Å². The highest BCUT2D eigenvalue weighted by atomic mass is 16.6. The number of hydrogen-bond donors (Lipinski definition) is 5. The second-order valence-electron chi connectivity index (χ2n) is 6.14. The number of rotatable bonds is 5. The summed E-state index contributed by atoms with van der Waals surface area (Å²) in [5, 5.41) is 39.2. The summed E-state index contributed by atoms with van der Waals surface area (Å²) in [7, 11) is 0. The number of aliphatic hydroxyl groups excluding tert-OH is 3. The zero-order chi connectivity index (χ0) is 18.3. The molecule has 3 aliphatic heterocycles. The van der Waals surface area contributed by atoms with Crippen molar-refractivity contribution >= 4 is 23.7 Å². The van der Waals surface area contributed by atoms with Crippen LogP contribution in [0.5, 0.6) is 0 Å². The van der Waals surface area contributed by atoms with E-state index in [0.29, 0.717) is 13.0 Å². The van der Waals surface area contributed by atoms with E-state index >= 15 is 0 Å². The Labute approximate surface area is 143 Å². The Morgan fingerprint density at radius 2 is 2.04 bits per heavy atom. The highest BCUT2D eigenvalue weighted by molar-refractivity contribution is 6.25. The van der Waals surface area contributed by atoms with Gasteiger partial charge in [0.2, 0.25) is 5.96 Å². The standard InChI is InChI=1S/C14H21N5O6/c1-2-3-4-18-7-10(16-13(15)17-11(7)23)19(14(18)24)12-9(22)8(21)6(5-20)25-12/h6-9,12,20-22H,2-5H2,1H3,(H2,15,17,23)/t6-,7?,8+,9-,12-/m1/s1. The van der Waals surface area contributed by atoms with Gasteiger partial charge < -0.3 is 25.0 Å². The highest BCUT2D eigenvalue weighted by Crippen LogP contribution is 2.31. The molecule has 0 bridgehead atoms. The van der Waals surface area contributed by atoms with Crippen molar-refractivity contribution in [1.82, 2.24) is 15.1 Å². The average Bonchev–Trinajstić information content (AvgIpc) is 3.00. The minimum Gasteiger partial charge on any atom is -0.394 e. The predicted molar refractivity (Wildman–Crippen MR) is 83.7 cm³/mol. The number of nitrogens with one attached hydrogen (secondary N) is 2. The molecule has 3 heterocycles. The number of unbranched alkanes of at least 4 members (excludes halogenated alkanes) is 1. The molecule has 3 aliphatic rings. The van der Waals surface area contributed by atoms with Crippen LogP contribution < -0.4 is 5.32 Å². The Kier molecular flexibility index (Phi) is 4.73. The lowest BCUT2D eigenvalue weighted by atomic mass is 10.1. The van der Waals surface area contributed by atoms with Gasteiger partial charge in [0.25, 0.3) is 5.91 Å². The van der Waals surface area contributed by atoms with Crippen LogP contribution in [0.4, 0.5) is 4.79 Å². The Morgan fingerprint density at radius 1 is 1.32 bits per heavy atom. The molecule has 0 aromatic heterocycles. The Hall–Kier alpha value is -2.08. The van der Waals surface area contributed by atoms with E-state index in [1.54, 1.807) is 0 Å². The molecule has 11 heteroatoms. The topological polar surface area (TPSA) is 159 Å². The first-order chi connectivity index (χ1) is 11.9. The van der Waals surface area contributed by atoms with Crippen LogP contribution in [0.25, 0.3) is 0 Å². The number of nitrogens with zero attached hydrogens (tertiary/aromatic N) is 3. The normalized spacial score (nSPS) is 35.1. The summed E-state index contributed by atoms with van der Waals surface area (Å²) in [5.41, 5.74) is 0. The molecular formula is C14H21N5O6. The third kappa shape index (κ3) is 2.78. The fourth-order valence-electron chi connectivity index (χ4n) is 3.21. The van der Waals surface area contributed by atoms with Gasteiger partial charge in [-0.25, -0.2) is 9.69 Å². The van der Waals surface area contributed by atoms with E-state index in [9.17, 15) is 24.9 Å². The Bertz CT molecular complexity index is 625. The smallest absolute Gasteiger partial charge is 0.328 e.